The van der Waals surface area contributed by atoms with Crippen LogP contribution >= 0.6 is 0 Å². The van der Waals surface area contributed by atoms with Crippen LogP contribution in [0.15, 0.2) is 17.1 Å². The van der Waals surface area contributed by atoms with Gasteiger partial charge in [0.25, 0.3) is 5.56 Å². The summed E-state index contributed by atoms with van der Waals surface area (Å²) in [7, 11) is 1.61. The van der Waals surface area contributed by atoms with E-state index in [0.29, 0.717) is 23.5 Å². The maximum Gasteiger partial charge on any atom is 1.00 e. The number of methoxy groups -OCH3 is 1. The molecule has 1 fully saturated rings. The van der Waals surface area contributed by atoms with Crippen LogP contribution in [0, 0.1) is 0 Å². The quantitative estimate of drug-likeness (QED) is 0.595. The number of anilines is 1. The maximum absolute atomic E-state index is 12.3. The van der Waals surface area contributed by atoms with Crippen LogP contribution in [0.2, 0.25) is 0 Å². The van der Waals surface area contributed by atoms with Gasteiger partial charge in [0.15, 0.2) is 0 Å². The van der Waals surface area contributed by atoms with Crippen LogP contribution in [0.25, 0.3) is 0 Å². The predicted molar refractivity (Wildman–Crippen MR) is 65.2 cm³/mol. The molecule has 20 heavy (non-hydrogen) atoms. The molecule has 0 saturated carbocycles. The van der Waals surface area contributed by atoms with Gasteiger partial charge >= 0.3 is 58.4 Å². The molecule has 0 N–H and O–H groups in total. The third kappa shape index (κ3) is 4.85. The molecule has 0 radical (unpaired) electrons. The number of rotatable bonds is 4. The molecule has 10 heteroatoms. The number of hydrogen-bond donors (Lipinski definition) is 0. The fourth-order valence-corrected chi connectivity index (χ4v) is 2.09. The fourth-order valence-electron chi connectivity index (χ4n) is 2.09. The number of ether oxygens (including phenoxy) is 1. The number of halogens is 3. The molecule has 0 aliphatic carbocycles. The summed E-state index contributed by atoms with van der Waals surface area (Å²) in [6, 6.07) is 1.19. The zero-order chi connectivity index (χ0) is 14.0. The Kier molecular flexibility index (Phi) is 6.74. The van der Waals surface area contributed by atoms with E-state index < -0.39 is 19.0 Å². The van der Waals surface area contributed by atoms with Crippen LogP contribution in [0.4, 0.5) is 18.6 Å². The van der Waals surface area contributed by atoms with Gasteiger partial charge in [-0.2, -0.15) is 5.10 Å². The summed E-state index contributed by atoms with van der Waals surface area (Å²) in [6.07, 6.45) is 0.896. The minimum Gasteiger partial charge on any atom is -0.448 e. The molecule has 0 bridgehead atoms. The van der Waals surface area contributed by atoms with Crippen molar-refractivity contribution in [3.63, 3.8) is 0 Å². The van der Waals surface area contributed by atoms with Gasteiger partial charge in [-0.05, 0) is 6.42 Å². The molecule has 106 valence electrons. The Labute approximate surface area is 156 Å². The monoisotopic (exact) mass is 315 g/mol. The van der Waals surface area contributed by atoms with Crippen molar-refractivity contribution in [1.29, 1.82) is 0 Å². The summed E-state index contributed by atoms with van der Waals surface area (Å²) in [5.74, 6) is 0. The fraction of sp³-hybridized carbons (Fsp3) is 0.600. The van der Waals surface area contributed by atoms with E-state index in [1.54, 1.807) is 7.11 Å². The van der Waals surface area contributed by atoms with Crippen molar-refractivity contribution in [1.82, 2.24) is 9.78 Å². The first-order valence-electron chi connectivity index (χ1n) is 5.95. The molecule has 1 aromatic heterocycles. The molecule has 0 amide bonds. The Hall–Kier alpha value is 0.131. The van der Waals surface area contributed by atoms with Gasteiger partial charge in [-0.3, -0.25) is 9.48 Å². The van der Waals surface area contributed by atoms with Crippen molar-refractivity contribution in [2.45, 2.75) is 19.0 Å². The van der Waals surface area contributed by atoms with E-state index in [4.69, 9.17) is 4.74 Å². The van der Waals surface area contributed by atoms with Crippen LogP contribution in [-0.4, -0.2) is 43.1 Å². The Balaban J connectivity index is 0.00000200. The molecule has 1 aliphatic heterocycles. The molecule has 1 atom stereocenters. The van der Waals surface area contributed by atoms with E-state index in [2.05, 4.69) is 5.10 Å². The summed E-state index contributed by atoms with van der Waals surface area (Å²) >= 11 is 0. The van der Waals surface area contributed by atoms with Gasteiger partial charge in [0.1, 0.15) is 0 Å². The molecule has 2 heterocycles. The first-order valence-corrected chi connectivity index (χ1v) is 5.95. The Bertz CT molecular complexity index is 511. The van der Waals surface area contributed by atoms with E-state index >= 15 is 0 Å². The standard InChI is InChI=1S/C10H14BF3N3O2.K/c1-19-9-2-3-16(6-9)8-4-10(18)17(15-5-8)7-11(12,13)14;/h4-5,9H,2-3,6-7H2,1H3;/q-1;+1. The average Bonchev–Trinajstić information content (AvgIpc) is 2.79. The smallest absolute Gasteiger partial charge is 0.448 e. The van der Waals surface area contributed by atoms with E-state index in [9.17, 15) is 17.7 Å². The Morgan fingerprint density at radius 1 is 1.50 bits per heavy atom. The van der Waals surface area contributed by atoms with Crippen molar-refractivity contribution in [3.05, 3.63) is 22.6 Å². The predicted octanol–water partition coefficient (Wildman–Crippen LogP) is -2.14. The van der Waals surface area contributed by atoms with E-state index in [-0.39, 0.29) is 57.5 Å². The molecule has 1 aromatic rings. The van der Waals surface area contributed by atoms with Crippen molar-refractivity contribution < 1.29 is 69.1 Å². The number of aromatic nitrogens is 2. The van der Waals surface area contributed by atoms with Crippen molar-refractivity contribution in [2.24, 2.45) is 0 Å². The van der Waals surface area contributed by atoms with Crippen LogP contribution < -0.4 is 61.8 Å². The largest absolute Gasteiger partial charge is 1.00 e. The van der Waals surface area contributed by atoms with Crippen LogP contribution in [0.1, 0.15) is 6.42 Å². The zero-order valence-electron chi connectivity index (χ0n) is 11.4. The Morgan fingerprint density at radius 2 is 2.20 bits per heavy atom. The number of hydrogen-bond acceptors (Lipinski definition) is 4. The second-order valence-electron chi connectivity index (χ2n) is 4.54. The van der Waals surface area contributed by atoms with E-state index in [1.807, 2.05) is 4.90 Å². The zero-order valence-corrected chi connectivity index (χ0v) is 14.6. The van der Waals surface area contributed by atoms with E-state index in [0.717, 1.165) is 6.42 Å². The molecule has 2 rings (SSSR count). The Morgan fingerprint density at radius 3 is 2.70 bits per heavy atom. The maximum atomic E-state index is 12.3. The van der Waals surface area contributed by atoms with Gasteiger partial charge in [-0.1, -0.05) is 0 Å². The molecule has 1 unspecified atom stereocenters. The van der Waals surface area contributed by atoms with Gasteiger partial charge < -0.3 is 22.6 Å². The molecule has 0 aromatic carbocycles. The minimum absolute atomic E-state index is 0. The van der Waals surface area contributed by atoms with Gasteiger partial charge in [0, 0.05) is 32.7 Å². The molecular weight excluding hydrogens is 301 g/mol. The topological polar surface area (TPSA) is 47.4 Å². The van der Waals surface area contributed by atoms with Gasteiger partial charge in [0.05, 0.1) is 18.0 Å². The van der Waals surface area contributed by atoms with Crippen molar-refractivity contribution in [2.75, 3.05) is 25.1 Å². The van der Waals surface area contributed by atoms with Crippen molar-refractivity contribution >= 4 is 12.7 Å². The summed E-state index contributed by atoms with van der Waals surface area (Å²) in [6.45, 7) is -3.75. The minimum atomic E-state index is -5.07. The van der Waals surface area contributed by atoms with Gasteiger partial charge in [-0.15, -0.1) is 0 Å². The molecule has 5 nitrogen and oxygen atoms in total. The second kappa shape index (κ2) is 7.41. The average molecular weight is 315 g/mol. The number of nitrogens with zero attached hydrogens (tertiary/aromatic N) is 3. The third-order valence-electron chi connectivity index (χ3n) is 3.08. The van der Waals surface area contributed by atoms with Gasteiger partial charge in [0.2, 0.25) is 0 Å². The van der Waals surface area contributed by atoms with E-state index in [1.165, 1.54) is 12.3 Å². The SMILES string of the molecule is COC1CCN(c2cnn(C[B-](F)(F)F)c(=O)c2)C1.[K+]. The normalized spacial score (nSPS) is 19.0. The van der Waals surface area contributed by atoms with Crippen molar-refractivity contribution in [3.8, 4) is 0 Å². The molecule has 1 saturated heterocycles. The second-order valence-corrected chi connectivity index (χ2v) is 4.54. The molecule has 0 spiro atoms. The molecule has 1 aliphatic rings. The van der Waals surface area contributed by atoms with Crippen LogP contribution in [0.3, 0.4) is 0 Å². The summed E-state index contributed by atoms with van der Waals surface area (Å²) in [4.78, 5) is 13.5. The first kappa shape index (κ1) is 18.2. The summed E-state index contributed by atoms with van der Waals surface area (Å²) in [5, 5.41) is 3.58. The van der Waals surface area contributed by atoms with Crippen LogP contribution in [-0.2, 0) is 11.2 Å². The first-order chi connectivity index (χ1) is 8.89. The van der Waals surface area contributed by atoms with Crippen LogP contribution in [0.5, 0.6) is 0 Å². The summed E-state index contributed by atoms with van der Waals surface area (Å²) in [5.41, 5.74) is -0.201. The molecular formula is C10H14BF3KN3O2. The van der Waals surface area contributed by atoms with Gasteiger partial charge in [-0.25, -0.2) is 0 Å². The third-order valence-corrected chi connectivity index (χ3v) is 3.08. The summed E-state index contributed by atoms with van der Waals surface area (Å²) < 4.78 is 42.4.